The van der Waals surface area contributed by atoms with Crippen LogP contribution in [0.3, 0.4) is 0 Å². The molecule has 1 aliphatic heterocycles. The van der Waals surface area contributed by atoms with Crippen molar-refractivity contribution in [3.63, 3.8) is 0 Å². The molecular formula is C17H24N2O2S. The first-order valence-electron chi connectivity index (χ1n) is 7.81. The molecule has 1 aromatic carbocycles. The number of anilines is 1. The maximum Gasteiger partial charge on any atom is 0.238 e. The van der Waals surface area contributed by atoms with E-state index in [9.17, 15) is 9.59 Å². The molecule has 4 nitrogen and oxygen atoms in total. The second kappa shape index (κ2) is 7.68. The van der Waals surface area contributed by atoms with E-state index in [1.54, 1.807) is 0 Å². The van der Waals surface area contributed by atoms with Crippen LogP contribution in [0.15, 0.2) is 29.2 Å². The van der Waals surface area contributed by atoms with Gasteiger partial charge in [0.1, 0.15) is 0 Å². The summed E-state index contributed by atoms with van der Waals surface area (Å²) in [5, 5.41) is 5.51. The highest BCUT2D eigenvalue weighted by Gasteiger charge is 2.28. The molecule has 0 fully saturated rings. The van der Waals surface area contributed by atoms with Crippen LogP contribution in [0.1, 0.15) is 40.0 Å². The Hall–Kier alpha value is -1.49. The summed E-state index contributed by atoms with van der Waals surface area (Å²) in [4.78, 5) is 25.2. The number of fused-ring (bicyclic) bond motifs is 1. The molecule has 2 N–H and O–H groups in total. The van der Waals surface area contributed by atoms with Crippen LogP contribution in [-0.4, -0.2) is 23.1 Å². The predicted molar refractivity (Wildman–Crippen MR) is 91.0 cm³/mol. The van der Waals surface area contributed by atoms with E-state index < -0.39 is 0 Å². The van der Waals surface area contributed by atoms with Crippen molar-refractivity contribution >= 4 is 29.3 Å². The van der Waals surface area contributed by atoms with E-state index in [4.69, 9.17) is 0 Å². The number of nitrogens with one attached hydrogen (secondary N) is 2. The lowest BCUT2D eigenvalue weighted by Crippen LogP contribution is -2.38. The summed E-state index contributed by atoms with van der Waals surface area (Å²) in [7, 11) is 0. The van der Waals surface area contributed by atoms with Gasteiger partial charge in [-0.25, -0.2) is 0 Å². The van der Waals surface area contributed by atoms with Crippen LogP contribution in [0, 0.1) is 5.92 Å². The molecule has 0 radical (unpaired) electrons. The molecule has 22 heavy (non-hydrogen) atoms. The molecule has 1 aliphatic rings. The van der Waals surface area contributed by atoms with Gasteiger partial charge in [-0.2, -0.15) is 0 Å². The van der Waals surface area contributed by atoms with Gasteiger partial charge in [0.2, 0.25) is 11.8 Å². The molecule has 2 unspecified atom stereocenters. The summed E-state index contributed by atoms with van der Waals surface area (Å²) in [6.07, 6.45) is 2.28. The number of para-hydroxylation sites is 1. The molecule has 2 atom stereocenters. The fraction of sp³-hybridized carbons (Fsp3) is 0.529. The van der Waals surface area contributed by atoms with Gasteiger partial charge in [-0.3, -0.25) is 9.59 Å². The smallest absolute Gasteiger partial charge is 0.238 e. The standard InChI is InChI=1S/C17H24N2O2S/c1-11(2)8-9-12(3)18-16(20)10-15-17(21)19-13-6-4-5-7-14(13)22-15/h4-7,11-12,15H,8-10H2,1-3H3,(H,18,20)(H,19,21). The van der Waals surface area contributed by atoms with Crippen molar-refractivity contribution in [1.82, 2.24) is 5.32 Å². The number of carbonyl (C=O) groups excluding carboxylic acids is 2. The lowest BCUT2D eigenvalue weighted by atomic mass is 10.0. The lowest BCUT2D eigenvalue weighted by molar-refractivity contribution is -0.124. The van der Waals surface area contributed by atoms with Crippen LogP contribution in [0.5, 0.6) is 0 Å². The van der Waals surface area contributed by atoms with Gasteiger partial charge >= 0.3 is 0 Å². The molecule has 1 aromatic rings. The first-order chi connectivity index (χ1) is 10.5. The Bertz CT molecular complexity index is 545. The third kappa shape index (κ3) is 4.77. The molecular weight excluding hydrogens is 296 g/mol. The van der Waals surface area contributed by atoms with E-state index in [1.807, 2.05) is 31.2 Å². The van der Waals surface area contributed by atoms with E-state index in [0.717, 1.165) is 23.4 Å². The normalized spacial score (nSPS) is 18.5. The Morgan fingerprint density at radius 1 is 1.27 bits per heavy atom. The summed E-state index contributed by atoms with van der Waals surface area (Å²) in [5.41, 5.74) is 0.833. The van der Waals surface area contributed by atoms with E-state index in [-0.39, 0.29) is 29.5 Å². The van der Waals surface area contributed by atoms with Gasteiger partial charge in [0, 0.05) is 17.4 Å². The molecule has 0 saturated heterocycles. The highest BCUT2D eigenvalue weighted by atomic mass is 32.2. The summed E-state index contributed by atoms with van der Waals surface area (Å²) in [5.74, 6) is 0.493. The Morgan fingerprint density at radius 3 is 2.73 bits per heavy atom. The third-order valence-electron chi connectivity index (χ3n) is 3.66. The van der Waals surface area contributed by atoms with Crippen molar-refractivity contribution in [2.45, 2.75) is 56.2 Å². The zero-order chi connectivity index (χ0) is 16.1. The van der Waals surface area contributed by atoms with Gasteiger partial charge < -0.3 is 10.6 Å². The Labute approximate surface area is 136 Å². The van der Waals surface area contributed by atoms with E-state index in [1.165, 1.54) is 11.8 Å². The second-order valence-electron chi connectivity index (χ2n) is 6.24. The minimum Gasteiger partial charge on any atom is -0.354 e. The maximum atomic E-state index is 12.1. The monoisotopic (exact) mass is 320 g/mol. The molecule has 5 heteroatoms. The van der Waals surface area contributed by atoms with Gasteiger partial charge in [0.05, 0.1) is 10.9 Å². The summed E-state index contributed by atoms with van der Waals surface area (Å²) in [6, 6.07) is 7.83. The summed E-state index contributed by atoms with van der Waals surface area (Å²) in [6.45, 7) is 6.37. The van der Waals surface area contributed by atoms with Crippen molar-refractivity contribution in [2.75, 3.05) is 5.32 Å². The number of carbonyl (C=O) groups is 2. The Kier molecular flexibility index (Phi) is 5.89. The zero-order valence-corrected chi connectivity index (χ0v) is 14.2. The fourth-order valence-electron chi connectivity index (χ4n) is 2.38. The molecule has 0 spiro atoms. The van der Waals surface area contributed by atoms with E-state index in [0.29, 0.717) is 5.92 Å². The fourth-order valence-corrected chi connectivity index (χ4v) is 3.50. The van der Waals surface area contributed by atoms with Crippen molar-refractivity contribution in [1.29, 1.82) is 0 Å². The third-order valence-corrected chi connectivity index (χ3v) is 4.94. The molecule has 2 rings (SSSR count). The minimum atomic E-state index is -0.354. The maximum absolute atomic E-state index is 12.1. The highest BCUT2D eigenvalue weighted by Crippen LogP contribution is 2.36. The largest absolute Gasteiger partial charge is 0.354 e. The van der Waals surface area contributed by atoms with Crippen molar-refractivity contribution < 1.29 is 9.59 Å². The predicted octanol–water partition coefficient (Wildman–Crippen LogP) is 3.43. The molecule has 120 valence electrons. The van der Waals surface area contributed by atoms with Crippen LogP contribution < -0.4 is 10.6 Å². The zero-order valence-electron chi connectivity index (χ0n) is 13.4. The molecule has 2 amide bonds. The van der Waals surface area contributed by atoms with Crippen LogP contribution in [-0.2, 0) is 9.59 Å². The average molecular weight is 320 g/mol. The number of amides is 2. The number of thioether (sulfide) groups is 1. The molecule has 0 aromatic heterocycles. The SMILES string of the molecule is CC(C)CCC(C)NC(=O)CC1Sc2ccccc2NC1=O. The summed E-state index contributed by atoms with van der Waals surface area (Å²) < 4.78 is 0. The Balaban J connectivity index is 1.86. The quantitative estimate of drug-likeness (QED) is 0.844. The first kappa shape index (κ1) is 16.9. The van der Waals surface area contributed by atoms with Gasteiger partial charge in [-0.05, 0) is 37.8 Å². The lowest BCUT2D eigenvalue weighted by Gasteiger charge is -2.24. The van der Waals surface area contributed by atoms with Crippen LogP contribution in [0.2, 0.25) is 0 Å². The van der Waals surface area contributed by atoms with Gasteiger partial charge in [0.25, 0.3) is 0 Å². The van der Waals surface area contributed by atoms with Gasteiger partial charge in [-0.15, -0.1) is 11.8 Å². The topological polar surface area (TPSA) is 58.2 Å². The Morgan fingerprint density at radius 2 is 2.00 bits per heavy atom. The number of hydrogen-bond donors (Lipinski definition) is 2. The van der Waals surface area contributed by atoms with Crippen LogP contribution in [0.25, 0.3) is 0 Å². The van der Waals surface area contributed by atoms with Crippen molar-refractivity contribution in [3.05, 3.63) is 24.3 Å². The second-order valence-corrected chi connectivity index (χ2v) is 7.48. The van der Waals surface area contributed by atoms with Gasteiger partial charge in [0.15, 0.2) is 0 Å². The van der Waals surface area contributed by atoms with Crippen LogP contribution >= 0.6 is 11.8 Å². The molecule has 0 saturated carbocycles. The number of rotatable bonds is 6. The highest BCUT2D eigenvalue weighted by molar-refractivity contribution is 8.01. The number of benzene rings is 1. The molecule has 1 heterocycles. The van der Waals surface area contributed by atoms with Crippen molar-refractivity contribution in [2.24, 2.45) is 5.92 Å². The van der Waals surface area contributed by atoms with E-state index in [2.05, 4.69) is 24.5 Å². The van der Waals surface area contributed by atoms with E-state index >= 15 is 0 Å². The average Bonchev–Trinajstić information content (AvgIpc) is 2.46. The summed E-state index contributed by atoms with van der Waals surface area (Å²) >= 11 is 1.47. The first-order valence-corrected chi connectivity index (χ1v) is 8.69. The molecule has 0 aliphatic carbocycles. The number of hydrogen-bond acceptors (Lipinski definition) is 3. The van der Waals surface area contributed by atoms with Crippen LogP contribution in [0.4, 0.5) is 5.69 Å². The minimum absolute atomic E-state index is 0.0525. The van der Waals surface area contributed by atoms with Crippen molar-refractivity contribution in [3.8, 4) is 0 Å². The van der Waals surface area contributed by atoms with Gasteiger partial charge in [-0.1, -0.05) is 26.0 Å². The molecule has 0 bridgehead atoms.